The predicted molar refractivity (Wildman–Crippen MR) is 137 cm³/mol. The molecular formula is C30H28F3NO3. The molecule has 1 N–H and O–H groups in total. The number of carbonyl (C=O) groups excluding carboxylic acids is 2. The third-order valence-electron chi connectivity index (χ3n) is 6.63. The standard InChI is InChI=1S/C30H28F3NO3/c1-17-7-6-8-19(15-17)25-24(26(35)23-16-21(29(3,4)5)10-9-18(23)2)27(36)28(37)34(25)22-13-11-20(12-14-22)30(31,32)33/h6-16,25,35H,1-5H3/b26-24+. The SMILES string of the molecule is Cc1cccc(C2/C(=C(\O)c3cc(C(C)(C)C)ccc3C)C(=O)C(=O)N2c2ccc(C(F)(F)F)cc2)c1. The van der Waals surface area contributed by atoms with Gasteiger partial charge in [-0.25, -0.2) is 0 Å². The molecule has 37 heavy (non-hydrogen) atoms. The number of ketones is 1. The molecule has 1 aliphatic rings. The van der Waals surface area contributed by atoms with Gasteiger partial charge in [-0.1, -0.05) is 62.7 Å². The molecule has 1 atom stereocenters. The van der Waals surface area contributed by atoms with Crippen molar-refractivity contribution in [1.82, 2.24) is 0 Å². The second-order valence-corrected chi connectivity index (χ2v) is 10.4. The highest BCUT2D eigenvalue weighted by Gasteiger charge is 2.47. The average molecular weight is 508 g/mol. The van der Waals surface area contributed by atoms with E-state index in [4.69, 9.17) is 0 Å². The maximum atomic E-state index is 13.4. The van der Waals surface area contributed by atoms with Crippen LogP contribution in [0.3, 0.4) is 0 Å². The van der Waals surface area contributed by atoms with E-state index in [2.05, 4.69) is 0 Å². The molecule has 4 rings (SSSR count). The van der Waals surface area contributed by atoms with Crippen molar-refractivity contribution >= 4 is 23.1 Å². The lowest BCUT2D eigenvalue weighted by molar-refractivity contribution is -0.137. The van der Waals surface area contributed by atoms with E-state index in [-0.39, 0.29) is 22.4 Å². The highest BCUT2D eigenvalue weighted by Crippen LogP contribution is 2.43. The average Bonchev–Trinajstić information content (AvgIpc) is 3.08. The van der Waals surface area contributed by atoms with Gasteiger partial charge in [-0.15, -0.1) is 0 Å². The van der Waals surface area contributed by atoms with Crippen LogP contribution in [0.15, 0.2) is 72.3 Å². The van der Waals surface area contributed by atoms with Crippen molar-refractivity contribution < 1.29 is 27.9 Å². The fraction of sp³-hybridized carbons (Fsp3) is 0.267. The first-order chi connectivity index (χ1) is 17.2. The fourth-order valence-corrected chi connectivity index (χ4v) is 4.55. The number of hydrogen-bond acceptors (Lipinski definition) is 3. The van der Waals surface area contributed by atoms with Gasteiger partial charge >= 0.3 is 6.18 Å². The smallest absolute Gasteiger partial charge is 0.416 e. The molecule has 0 radical (unpaired) electrons. The van der Waals surface area contributed by atoms with Gasteiger partial charge in [-0.2, -0.15) is 13.2 Å². The molecule has 7 heteroatoms. The van der Waals surface area contributed by atoms with Gasteiger partial charge in [0, 0.05) is 11.3 Å². The van der Waals surface area contributed by atoms with E-state index >= 15 is 0 Å². The number of benzene rings is 3. The van der Waals surface area contributed by atoms with Gasteiger partial charge in [0.2, 0.25) is 0 Å². The van der Waals surface area contributed by atoms with Gasteiger partial charge < -0.3 is 5.11 Å². The molecule has 0 bridgehead atoms. The van der Waals surface area contributed by atoms with Crippen LogP contribution < -0.4 is 4.90 Å². The summed E-state index contributed by atoms with van der Waals surface area (Å²) in [7, 11) is 0. The Hall–Kier alpha value is -3.87. The summed E-state index contributed by atoms with van der Waals surface area (Å²) in [5.74, 6) is -2.13. The molecule has 0 aliphatic carbocycles. The molecule has 1 fully saturated rings. The number of alkyl halides is 3. The van der Waals surface area contributed by atoms with E-state index < -0.39 is 29.5 Å². The van der Waals surface area contributed by atoms with Crippen molar-refractivity contribution in [3.05, 3.63) is 106 Å². The molecule has 192 valence electrons. The van der Waals surface area contributed by atoms with Crippen LogP contribution in [-0.2, 0) is 21.2 Å². The summed E-state index contributed by atoms with van der Waals surface area (Å²) in [6.07, 6.45) is -4.54. The summed E-state index contributed by atoms with van der Waals surface area (Å²) in [4.78, 5) is 27.9. The number of aliphatic hydroxyl groups excluding tert-OH is 1. The van der Waals surface area contributed by atoms with Crippen LogP contribution in [0.25, 0.3) is 5.76 Å². The van der Waals surface area contributed by atoms with Crippen LogP contribution >= 0.6 is 0 Å². The number of hydrogen-bond donors (Lipinski definition) is 1. The van der Waals surface area contributed by atoms with Crippen LogP contribution in [0.5, 0.6) is 0 Å². The van der Waals surface area contributed by atoms with Crippen molar-refractivity contribution in [2.45, 2.75) is 52.3 Å². The summed E-state index contributed by atoms with van der Waals surface area (Å²) in [6, 6.07) is 15.8. The molecule has 0 spiro atoms. The maximum Gasteiger partial charge on any atom is 0.416 e. The van der Waals surface area contributed by atoms with Gasteiger partial charge in [-0.05, 0) is 66.3 Å². The molecule has 1 amide bonds. The largest absolute Gasteiger partial charge is 0.507 e. The predicted octanol–water partition coefficient (Wildman–Crippen LogP) is 7.25. The molecule has 1 aliphatic heterocycles. The van der Waals surface area contributed by atoms with Crippen molar-refractivity contribution in [2.75, 3.05) is 4.90 Å². The van der Waals surface area contributed by atoms with Crippen molar-refractivity contribution in [1.29, 1.82) is 0 Å². The lowest BCUT2D eigenvalue weighted by Gasteiger charge is -2.26. The van der Waals surface area contributed by atoms with Crippen LogP contribution in [0.2, 0.25) is 0 Å². The van der Waals surface area contributed by atoms with E-state index in [9.17, 15) is 27.9 Å². The molecule has 3 aromatic carbocycles. The minimum atomic E-state index is -4.54. The number of carbonyl (C=O) groups is 2. The van der Waals surface area contributed by atoms with Gasteiger partial charge in [0.15, 0.2) is 0 Å². The molecule has 3 aromatic rings. The third kappa shape index (κ3) is 4.90. The minimum absolute atomic E-state index is 0.107. The first-order valence-corrected chi connectivity index (χ1v) is 11.9. The topological polar surface area (TPSA) is 57.6 Å². The number of halogens is 3. The van der Waals surface area contributed by atoms with Gasteiger partial charge in [0.25, 0.3) is 11.7 Å². The van der Waals surface area contributed by atoms with E-state index in [0.29, 0.717) is 16.7 Å². The third-order valence-corrected chi connectivity index (χ3v) is 6.63. The minimum Gasteiger partial charge on any atom is -0.507 e. The Bertz CT molecular complexity index is 1410. The first kappa shape index (κ1) is 26.2. The number of aryl methyl sites for hydroxylation is 2. The normalized spacial score (nSPS) is 17.9. The van der Waals surface area contributed by atoms with Crippen molar-refractivity contribution in [2.24, 2.45) is 0 Å². The monoisotopic (exact) mass is 507 g/mol. The van der Waals surface area contributed by atoms with Gasteiger partial charge in [0.05, 0.1) is 17.2 Å². The maximum absolute atomic E-state index is 13.4. The highest BCUT2D eigenvalue weighted by atomic mass is 19.4. The Balaban J connectivity index is 1.95. The number of amides is 1. The first-order valence-electron chi connectivity index (χ1n) is 11.9. The summed E-state index contributed by atoms with van der Waals surface area (Å²) < 4.78 is 39.5. The number of anilines is 1. The lowest BCUT2D eigenvalue weighted by atomic mass is 9.84. The molecule has 1 unspecified atom stereocenters. The van der Waals surface area contributed by atoms with Crippen LogP contribution in [0, 0.1) is 13.8 Å². The summed E-state index contributed by atoms with van der Waals surface area (Å²) in [5.41, 5.74) is 2.42. The summed E-state index contributed by atoms with van der Waals surface area (Å²) in [6.45, 7) is 9.73. The van der Waals surface area contributed by atoms with E-state index in [0.717, 1.165) is 28.2 Å². The fourth-order valence-electron chi connectivity index (χ4n) is 4.55. The van der Waals surface area contributed by atoms with E-state index in [1.54, 1.807) is 25.1 Å². The molecule has 0 saturated carbocycles. The molecule has 4 nitrogen and oxygen atoms in total. The second kappa shape index (κ2) is 9.21. The Labute approximate surface area is 214 Å². The highest BCUT2D eigenvalue weighted by molar-refractivity contribution is 6.51. The van der Waals surface area contributed by atoms with E-state index in [1.807, 2.05) is 52.0 Å². The number of Topliss-reactive ketones (excluding diaryl/α,β-unsaturated/α-hetero) is 1. The Morgan fingerprint density at radius 3 is 2.05 bits per heavy atom. The quantitative estimate of drug-likeness (QED) is 0.231. The van der Waals surface area contributed by atoms with Crippen LogP contribution in [0.4, 0.5) is 18.9 Å². The molecular weight excluding hydrogens is 479 g/mol. The Morgan fingerprint density at radius 1 is 0.865 bits per heavy atom. The zero-order valence-corrected chi connectivity index (χ0v) is 21.3. The zero-order chi connectivity index (χ0) is 27.3. The summed E-state index contributed by atoms with van der Waals surface area (Å²) >= 11 is 0. The number of nitrogens with zero attached hydrogens (tertiary/aromatic N) is 1. The van der Waals surface area contributed by atoms with Crippen molar-refractivity contribution in [3.8, 4) is 0 Å². The molecule has 1 saturated heterocycles. The van der Waals surface area contributed by atoms with Gasteiger partial charge in [0.1, 0.15) is 5.76 Å². The Kier molecular flexibility index (Phi) is 6.52. The Morgan fingerprint density at radius 2 is 1.49 bits per heavy atom. The number of rotatable bonds is 3. The molecule has 1 heterocycles. The molecule has 0 aromatic heterocycles. The van der Waals surface area contributed by atoms with E-state index in [1.165, 1.54) is 12.1 Å². The number of aliphatic hydroxyl groups is 1. The van der Waals surface area contributed by atoms with Crippen LogP contribution in [0.1, 0.15) is 60.2 Å². The van der Waals surface area contributed by atoms with Crippen molar-refractivity contribution in [3.63, 3.8) is 0 Å². The summed E-state index contributed by atoms with van der Waals surface area (Å²) in [5, 5.41) is 11.5. The zero-order valence-electron chi connectivity index (χ0n) is 21.3. The lowest BCUT2D eigenvalue weighted by Crippen LogP contribution is -2.29. The van der Waals surface area contributed by atoms with Gasteiger partial charge in [-0.3, -0.25) is 14.5 Å². The van der Waals surface area contributed by atoms with Crippen LogP contribution in [-0.4, -0.2) is 16.8 Å². The second-order valence-electron chi connectivity index (χ2n) is 10.4.